The third-order valence-corrected chi connectivity index (χ3v) is 3.84. The maximum atomic E-state index is 3.64. The lowest BCUT2D eigenvalue weighted by Gasteiger charge is -2.30. The third-order valence-electron chi connectivity index (χ3n) is 3.84. The first-order valence-electron chi connectivity index (χ1n) is 6.89. The predicted octanol–water partition coefficient (Wildman–Crippen LogP) is 3.98. The molecule has 0 amide bonds. The van der Waals surface area contributed by atoms with Gasteiger partial charge in [0.15, 0.2) is 0 Å². The Balaban J connectivity index is 2.32. The van der Waals surface area contributed by atoms with Crippen LogP contribution in [0.25, 0.3) is 0 Å². The Morgan fingerprint density at radius 3 is 2.40 bits per heavy atom. The van der Waals surface area contributed by atoms with Crippen molar-refractivity contribution in [1.29, 1.82) is 0 Å². The fourth-order valence-electron chi connectivity index (χ4n) is 2.77. The molecule has 0 aliphatic heterocycles. The first-order valence-corrected chi connectivity index (χ1v) is 6.89. The summed E-state index contributed by atoms with van der Waals surface area (Å²) in [5, 5.41) is 3.64. The van der Waals surface area contributed by atoms with Gasteiger partial charge in [0.2, 0.25) is 0 Å². The van der Waals surface area contributed by atoms with Gasteiger partial charge in [-0.2, -0.15) is 0 Å². The highest BCUT2D eigenvalue weighted by Crippen LogP contribution is 2.42. The van der Waals surface area contributed by atoms with E-state index in [-0.39, 0.29) is 0 Å². The minimum Gasteiger partial charge on any atom is -0.316 e. The lowest BCUT2D eigenvalue weighted by Crippen LogP contribution is -2.32. The Labute approximate surface area is 96.0 Å². The van der Waals surface area contributed by atoms with E-state index in [1.54, 1.807) is 0 Å². The van der Waals surface area contributed by atoms with Crippen LogP contribution >= 0.6 is 0 Å². The van der Waals surface area contributed by atoms with E-state index in [9.17, 15) is 0 Å². The molecule has 1 N–H and O–H groups in total. The molecule has 0 radical (unpaired) electrons. The Morgan fingerprint density at radius 2 is 1.87 bits per heavy atom. The summed E-state index contributed by atoms with van der Waals surface area (Å²) in [5.41, 5.74) is 0.666. The monoisotopic (exact) mass is 211 g/mol. The van der Waals surface area contributed by atoms with E-state index < -0.39 is 0 Å². The first-order chi connectivity index (χ1) is 7.18. The van der Waals surface area contributed by atoms with Crippen molar-refractivity contribution < 1.29 is 0 Å². The molecule has 1 fully saturated rings. The van der Waals surface area contributed by atoms with E-state index >= 15 is 0 Å². The van der Waals surface area contributed by atoms with Crippen molar-refractivity contribution in [3.05, 3.63) is 0 Å². The van der Waals surface area contributed by atoms with Crippen molar-refractivity contribution in [1.82, 2.24) is 5.32 Å². The van der Waals surface area contributed by atoms with E-state index in [0.717, 1.165) is 5.92 Å². The fraction of sp³-hybridized carbons (Fsp3) is 1.00. The van der Waals surface area contributed by atoms with Crippen LogP contribution in [0.5, 0.6) is 0 Å². The van der Waals surface area contributed by atoms with Crippen LogP contribution < -0.4 is 5.32 Å². The molecule has 1 aliphatic rings. The van der Waals surface area contributed by atoms with Gasteiger partial charge in [0, 0.05) is 6.54 Å². The molecule has 0 heterocycles. The summed E-state index contributed by atoms with van der Waals surface area (Å²) < 4.78 is 0. The lowest BCUT2D eigenvalue weighted by molar-refractivity contribution is 0.238. The molecule has 0 aromatic carbocycles. The largest absolute Gasteiger partial charge is 0.316 e. The van der Waals surface area contributed by atoms with Crippen molar-refractivity contribution in [2.75, 3.05) is 13.1 Å². The molecule has 0 unspecified atom stereocenters. The molecule has 15 heavy (non-hydrogen) atoms. The highest BCUT2D eigenvalue weighted by atomic mass is 14.9. The number of nitrogens with one attached hydrogen (secondary N) is 1. The van der Waals surface area contributed by atoms with Crippen LogP contribution in [0.4, 0.5) is 0 Å². The molecule has 1 heteroatoms. The van der Waals surface area contributed by atoms with Crippen LogP contribution in [0.15, 0.2) is 0 Å². The van der Waals surface area contributed by atoms with Crippen molar-refractivity contribution in [2.24, 2.45) is 11.3 Å². The zero-order valence-electron chi connectivity index (χ0n) is 10.9. The van der Waals surface area contributed by atoms with Gasteiger partial charge in [0.05, 0.1) is 0 Å². The topological polar surface area (TPSA) is 12.0 Å². The van der Waals surface area contributed by atoms with E-state index in [0.29, 0.717) is 5.41 Å². The minimum atomic E-state index is 0.666. The van der Waals surface area contributed by atoms with Gasteiger partial charge in [-0.3, -0.25) is 0 Å². The molecule has 1 aliphatic carbocycles. The van der Waals surface area contributed by atoms with Gasteiger partial charge < -0.3 is 5.32 Å². The molecular formula is C14H29N. The van der Waals surface area contributed by atoms with Gasteiger partial charge in [0.25, 0.3) is 0 Å². The number of hydrogen-bond donors (Lipinski definition) is 1. The summed E-state index contributed by atoms with van der Waals surface area (Å²) >= 11 is 0. The van der Waals surface area contributed by atoms with Crippen LogP contribution in [0.3, 0.4) is 0 Å². The second kappa shape index (κ2) is 6.52. The SMILES string of the molecule is CCCNCC1(CCC(C)C)CCCC1. The lowest BCUT2D eigenvalue weighted by atomic mass is 9.79. The van der Waals surface area contributed by atoms with E-state index in [1.807, 2.05) is 0 Å². The molecule has 90 valence electrons. The van der Waals surface area contributed by atoms with Crippen LogP contribution in [0.1, 0.15) is 65.7 Å². The molecule has 0 aromatic heterocycles. The highest BCUT2D eigenvalue weighted by Gasteiger charge is 2.32. The smallest absolute Gasteiger partial charge is 0.000780 e. The minimum absolute atomic E-state index is 0.666. The van der Waals surface area contributed by atoms with Crippen molar-refractivity contribution in [2.45, 2.75) is 65.7 Å². The van der Waals surface area contributed by atoms with Gasteiger partial charge in [-0.15, -0.1) is 0 Å². The number of rotatable bonds is 7. The molecule has 0 saturated heterocycles. The van der Waals surface area contributed by atoms with Crippen LogP contribution in [-0.2, 0) is 0 Å². The first kappa shape index (κ1) is 13.0. The average Bonchev–Trinajstić information content (AvgIpc) is 2.65. The second-order valence-corrected chi connectivity index (χ2v) is 5.82. The van der Waals surface area contributed by atoms with Crippen molar-refractivity contribution in [3.63, 3.8) is 0 Å². The molecule has 0 atom stereocenters. The third kappa shape index (κ3) is 4.55. The molecule has 0 bridgehead atoms. The Bertz CT molecular complexity index is 157. The maximum absolute atomic E-state index is 3.64. The highest BCUT2D eigenvalue weighted by molar-refractivity contribution is 4.86. The zero-order valence-corrected chi connectivity index (χ0v) is 10.9. The summed E-state index contributed by atoms with van der Waals surface area (Å²) in [6, 6.07) is 0. The van der Waals surface area contributed by atoms with Crippen LogP contribution in [0.2, 0.25) is 0 Å². The average molecular weight is 211 g/mol. The second-order valence-electron chi connectivity index (χ2n) is 5.82. The normalized spacial score (nSPS) is 20.0. The molecule has 1 nitrogen and oxygen atoms in total. The van der Waals surface area contributed by atoms with E-state index in [1.165, 1.54) is 58.0 Å². The van der Waals surface area contributed by atoms with Crippen LogP contribution in [-0.4, -0.2) is 13.1 Å². The van der Waals surface area contributed by atoms with Gasteiger partial charge >= 0.3 is 0 Å². The summed E-state index contributed by atoms with van der Waals surface area (Å²) in [6.45, 7) is 9.42. The van der Waals surface area contributed by atoms with Crippen molar-refractivity contribution in [3.8, 4) is 0 Å². The fourth-order valence-corrected chi connectivity index (χ4v) is 2.77. The quantitative estimate of drug-likeness (QED) is 0.628. The molecular weight excluding hydrogens is 182 g/mol. The summed E-state index contributed by atoms with van der Waals surface area (Å²) in [7, 11) is 0. The van der Waals surface area contributed by atoms with Gasteiger partial charge in [-0.1, -0.05) is 40.0 Å². The Morgan fingerprint density at radius 1 is 1.20 bits per heavy atom. The summed E-state index contributed by atoms with van der Waals surface area (Å²) in [6.07, 6.45) is 9.99. The van der Waals surface area contributed by atoms with E-state index in [4.69, 9.17) is 0 Å². The molecule has 1 rings (SSSR count). The Kier molecular flexibility index (Phi) is 5.66. The predicted molar refractivity (Wildman–Crippen MR) is 68.1 cm³/mol. The molecule has 0 spiro atoms. The molecule has 0 aromatic rings. The van der Waals surface area contributed by atoms with Crippen molar-refractivity contribution >= 4 is 0 Å². The zero-order chi connectivity index (χ0) is 11.1. The number of hydrogen-bond acceptors (Lipinski definition) is 1. The van der Waals surface area contributed by atoms with E-state index in [2.05, 4.69) is 26.1 Å². The maximum Gasteiger partial charge on any atom is 0.000780 e. The standard InChI is InChI=1S/C14H29N/c1-4-11-15-12-14(8-5-6-9-14)10-7-13(2)3/h13,15H,4-12H2,1-3H3. The van der Waals surface area contributed by atoms with Gasteiger partial charge in [0.1, 0.15) is 0 Å². The Hall–Kier alpha value is -0.0400. The van der Waals surface area contributed by atoms with Crippen LogP contribution in [0, 0.1) is 11.3 Å². The van der Waals surface area contributed by atoms with Gasteiger partial charge in [-0.05, 0) is 43.6 Å². The summed E-state index contributed by atoms with van der Waals surface area (Å²) in [4.78, 5) is 0. The van der Waals surface area contributed by atoms with Gasteiger partial charge in [-0.25, -0.2) is 0 Å². The summed E-state index contributed by atoms with van der Waals surface area (Å²) in [5.74, 6) is 0.869. The molecule has 1 saturated carbocycles.